The van der Waals surface area contributed by atoms with Gasteiger partial charge in [0.15, 0.2) is 0 Å². The number of aryl methyl sites for hydroxylation is 1. The number of fused-ring (bicyclic) bond motifs is 3. The maximum absolute atomic E-state index is 3.55. The van der Waals surface area contributed by atoms with Gasteiger partial charge in [-0.3, -0.25) is 0 Å². The van der Waals surface area contributed by atoms with Gasteiger partial charge in [-0.25, -0.2) is 0 Å². The minimum Gasteiger partial charge on any atom is -0.316 e. The second kappa shape index (κ2) is 2.83. The van der Waals surface area contributed by atoms with E-state index < -0.39 is 0 Å². The smallest absolute Gasteiger partial charge is 0.00322 e. The zero-order valence-corrected chi connectivity index (χ0v) is 8.72. The Labute approximate surface area is 85.5 Å². The third kappa shape index (κ3) is 1.05. The third-order valence-electron chi connectivity index (χ3n) is 4.11. The fourth-order valence-corrected chi connectivity index (χ4v) is 3.14. The Morgan fingerprint density at radius 3 is 3.14 bits per heavy atom. The van der Waals surface area contributed by atoms with Crippen molar-refractivity contribution >= 4 is 0 Å². The molecule has 1 fully saturated rings. The van der Waals surface area contributed by atoms with E-state index in [1.54, 1.807) is 11.1 Å². The molecule has 1 aliphatic heterocycles. The summed E-state index contributed by atoms with van der Waals surface area (Å²) in [5.41, 5.74) is 3.71. The summed E-state index contributed by atoms with van der Waals surface area (Å²) >= 11 is 0. The van der Waals surface area contributed by atoms with Gasteiger partial charge in [-0.05, 0) is 29.4 Å². The highest BCUT2D eigenvalue weighted by Crippen LogP contribution is 2.47. The second-order valence-electron chi connectivity index (χ2n) is 5.04. The highest BCUT2D eigenvalue weighted by Gasteiger charge is 2.42. The summed E-state index contributed by atoms with van der Waals surface area (Å²) in [4.78, 5) is 0. The molecule has 2 aliphatic rings. The van der Waals surface area contributed by atoms with Crippen molar-refractivity contribution in [1.82, 2.24) is 5.32 Å². The second-order valence-corrected chi connectivity index (χ2v) is 5.04. The van der Waals surface area contributed by atoms with Gasteiger partial charge in [-0.15, -0.1) is 0 Å². The number of hydrogen-bond donors (Lipinski definition) is 1. The van der Waals surface area contributed by atoms with E-state index >= 15 is 0 Å². The summed E-state index contributed by atoms with van der Waals surface area (Å²) in [7, 11) is 0. The van der Waals surface area contributed by atoms with Crippen molar-refractivity contribution < 1.29 is 0 Å². The summed E-state index contributed by atoms with van der Waals surface area (Å²) in [6.07, 6.45) is 2.62. The molecule has 1 aromatic rings. The van der Waals surface area contributed by atoms with Gasteiger partial charge >= 0.3 is 0 Å². The molecule has 0 radical (unpaired) electrons. The molecule has 14 heavy (non-hydrogen) atoms. The van der Waals surface area contributed by atoms with Crippen LogP contribution in [0, 0.1) is 5.41 Å². The predicted molar refractivity (Wildman–Crippen MR) is 58.5 cm³/mol. The molecule has 1 saturated heterocycles. The first-order valence-electron chi connectivity index (χ1n) is 5.58. The van der Waals surface area contributed by atoms with Crippen LogP contribution in [0.4, 0.5) is 0 Å². The van der Waals surface area contributed by atoms with Crippen LogP contribution >= 0.6 is 0 Å². The van der Waals surface area contributed by atoms with E-state index in [1.807, 2.05) is 0 Å². The maximum atomic E-state index is 3.55. The summed E-state index contributed by atoms with van der Waals surface area (Å²) < 4.78 is 0. The number of nitrogens with one attached hydrogen (secondary N) is 1. The van der Waals surface area contributed by atoms with Gasteiger partial charge in [-0.2, -0.15) is 0 Å². The summed E-state index contributed by atoms with van der Waals surface area (Å²) in [5, 5.41) is 3.55. The number of rotatable bonds is 0. The first-order chi connectivity index (χ1) is 6.80. The molecule has 0 aromatic heterocycles. The Kier molecular flexibility index (Phi) is 1.72. The average Bonchev–Trinajstić information content (AvgIpc) is 2.60. The maximum Gasteiger partial charge on any atom is 0.00322 e. The van der Waals surface area contributed by atoms with Crippen molar-refractivity contribution in [2.24, 2.45) is 5.41 Å². The fourth-order valence-electron chi connectivity index (χ4n) is 3.14. The van der Waals surface area contributed by atoms with Crippen molar-refractivity contribution in [1.29, 1.82) is 0 Å². The molecule has 1 nitrogen and oxygen atoms in total. The van der Waals surface area contributed by atoms with Gasteiger partial charge in [0.2, 0.25) is 0 Å². The van der Waals surface area contributed by atoms with Crippen molar-refractivity contribution in [3.8, 4) is 0 Å². The van der Waals surface area contributed by atoms with Crippen LogP contribution < -0.4 is 5.32 Å². The van der Waals surface area contributed by atoms with Crippen LogP contribution in [0.2, 0.25) is 0 Å². The van der Waals surface area contributed by atoms with Gasteiger partial charge < -0.3 is 5.32 Å². The molecule has 0 spiro atoms. The number of hydrogen-bond acceptors (Lipinski definition) is 1. The molecule has 1 aliphatic carbocycles. The van der Waals surface area contributed by atoms with Crippen LogP contribution in [0.15, 0.2) is 24.3 Å². The van der Waals surface area contributed by atoms with Crippen LogP contribution in [0.1, 0.15) is 30.4 Å². The summed E-state index contributed by atoms with van der Waals surface area (Å²) in [6.45, 7) is 4.81. The molecule has 1 aromatic carbocycles. The average molecular weight is 187 g/mol. The van der Waals surface area contributed by atoms with Gasteiger partial charge in [0, 0.05) is 19.0 Å². The SMILES string of the molecule is C[C@@]12CCc3ccccc3C1CNC2. The first-order valence-corrected chi connectivity index (χ1v) is 5.58. The van der Waals surface area contributed by atoms with E-state index in [-0.39, 0.29) is 0 Å². The van der Waals surface area contributed by atoms with Gasteiger partial charge in [0.25, 0.3) is 0 Å². The molecular weight excluding hydrogens is 170 g/mol. The molecule has 0 saturated carbocycles. The molecule has 0 bridgehead atoms. The van der Waals surface area contributed by atoms with E-state index in [2.05, 4.69) is 36.5 Å². The van der Waals surface area contributed by atoms with E-state index in [1.165, 1.54) is 25.9 Å². The number of benzene rings is 1. The van der Waals surface area contributed by atoms with E-state index in [0.717, 1.165) is 5.92 Å². The van der Waals surface area contributed by atoms with Crippen molar-refractivity contribution in [2.75, 3.05) is 13.1 Å². The Morgan fingerprint density at radius 2 is 2.21 bits per heavy atom. The Hall–Kier alpha value is -0.820. The van der Waals surface area contributed by atoms with Crippen molar-refractivity contribution in [3.63, 3.8) is 0 Å². The molecule has 1 heterocycles. The molecule has 1 unspecified atom stereocenters. The summed E-state index contributed by atoms with van der Waals surface area (Å²) in [6, 6.07) is 8.98. The monoisotopic (exact) mass is 187 g/mol. The van der Waals surface area contributed by atoms with E-state index in [9.17, 15) is 0 Å². The summed E-state index contributed by atoms with van der Waals surface area (Å²) in [5.74, 6) is 0.757. The lowest BCUT2D eigenvalue weighted by atomic mass is 9.67. The quantitative estimate of drug-likeness (QED) is 0.657. The largest absolute Gasteiger partial charge is 0.316 e. The van der Waals surface area contributed by atoms with Gasteiger partial charge in [-0.1, -0.05) is 31.2 Å². The standard InChI is InChI=1S/C13H17N/c1-13-7-6-10-4-2-3-5-11(10)12(13)8-14-9-13/h2-5,12,14H,6-9H2,1H3/t12?,13-/m0/s1. The zero-order valence-electron chi connectivity index (χ0n) is 8.72. The minimum atomic E-state index is 0.522. The molecule has 1 N–H and O–H groups in total. The minimum absolute atomic E-state index is 0.522. The predicted octanol–water partition coefficient (Wildman–Crippen LogP) is 2.33. The van der Waals surface area contributed by atoms with Crippen molar-refractivity contribution in [3.05, 3.63) is 35.4 Å². The highest BCUT2D eigenvalue weighted by molar-refractivity contribution is 5.36. The van der Waals surface area contributed by atoms with Gasteiger partial charge in [0.05, 0.1) is 0 Å². The fraction of sp³-hybridized carbons (Fsp3) is 0.538. The highest BCUT2D eigenvalue weighted by atomic mass is 14.9. The molecule has 2 atom stereocenters. The Morgan fingerprint density at radius 1 is 1.36 bits per heavy atom. The Bertz CT molecular complexity index is 358. The van der Waals surface area contributed by atoms with Crippen molar-refractivity contribution in [2.45, 2.75) is 25.7 Å². The lowest BCUT2D eigenvalue weighted by molar-refractivity contribution is 0.277. The zero-order chi connectivity index (χ0) is 9.60. The lowest BCUT2D eigenvalue weighted by Gasteiger charge is -2.36. The first kappa shape index (κ1) is 8.49. The van der Waals surface area contributed by atoms with Gasteiger partial charge in [0.1, 0.15) is 0 Å². The van der Waals surface area contributed by atoms with Crippen LogP contribution in [0.5, 0.6) is 0 Å². The van der Waals surface area contributed by atoms with E-state index in [4.69, 9.17) is 0 Å². The molecule has 74 valence electrons. The topological polar surface area (TPSA) is 12.0 Å². The molecular formula is C13H17N. The lowest BCUT2D eigenvalue weighted by Crippen LogP contribution is -2.30. The van der Waals surface area contributed by atoms with Crippen LogP contribution in [-0.4, -0.2) is 13.1 Å². The van der Waals surface area contributed by atoms with E-state index in [0.29, 0.717) is 5.41 Å². The molecule has 3 rings (SSSR count). The molecule has 1 heteroatoms. The third-order valence-corrected chi connectivity index (χ3v) is 4.11. The van der Waals surface area contributed by atoms with Crippen LogP contribution in [0.3, 0.4) is 0 Å². The molecule has 0 amide bonds. The van der Waals surface area contributed by atoms with Crippen LogP contribution in [0.25, 0.3) is 0 Å². The van der Waals surface area contributed by atoms with Crippen LogP contribution in [-0.2, 0) is 6.42 Å². The Balaban J connectivity index is 2.10. The normalized spacial score (nSPS) is 35.1.